The van der Waals surface area contributed by atoms with Crippen molar-refractivity contribution in [2.75, 3.05) is 11.9 Å². The van der Waals surface area contributed by atoms with Gasteiger partial charge in [0, 0.05) is 26.9 Å². The fourth-order valence-corrected chi connectivity index (χ4v) is 3.91. The molecule has 2 nitrogen and oxygen atoms in total. The zero-order chi connectivity index (χ0) is 14.5. The lowest BCUT2D eigenvalue weighted by Crippen LogP contribution is -2.42. The molecule has 2 rings (SSSR count). The first kappa shape index (κ1) is 16.5. The average Bonchev–Trinajstić information content (AvgIpc) is 2.47. The Morgan fingerprint density at radius 2 is 1.90 bits per heavy atom. The van der Waals surface area contributed by atoms with E-state index in [9.17, 15) is 4.79 Å². The highest BCUT2D eigenvalue weighted by Gasteiger charge is 2.26. The molecule has 0 saturated heterocycles. The summed E-state index contributed by atoms with van der Waals surface area (Å²) in [7, 11) is 0. The van der Waals surface area contributed by atoms with Crippen LogP contribution in [0, 0.1) is 0 Å². The molecule has 0 aromatic heterocycles. The lowest BCUT2D eigenvalue weighted by atomic mass is 9.93. The number of carbonyl (C=O) groups is 1. The van der Waals surface area contributed by atoms with E-state index in [1.165, 1.54) is 19.3 Å². The van der Waals surface area contributed by atoms with Crippen LogP contribution in [0.4, 0.5) is 0 Å². The molecule has 1 aliphatic rings. The maximum absolute atomic E-state index is 12.9. The molecule has 1 aromatic rings. The first-order chi connectivity index (χ1) is 9.63. The van der Waals surface area contributed by atoms with Crippen LogP contribution in [0.5, 0.6) is 0 Å². The summed E-state index contributed by atoms with van der Waals surface area (Å²) in [5, 5.41) is 0.820. The second kappa shape index (κ2) is 7.95. The highest BCUT2D eigenvalue weighted by Crippen LogP contribution is 2.27. The Morgan fingerprint density at radius 1 is 1.20 bits per heavy atom. The van der Waals surface area contributed by atoms with Crippen LogP contribution in [0.15, 0.2) is 27.1 Å². The number of hydrogen-bond donors (Lipinski definition) is 0. The number of nitrogens with zero attached hydrogens (tertiary/aromatic N) is 1. The summed E-state index contributed by atoms with van der Waals surface area (Å²) >= 11 is 10.4. The van der Waals surface area contributed by atoms with E-state index in [-0.39, 0.29) is 5.91 Å². The molecule has 1 saturated carbocycles. The summed E-state index contributed by atoms with van der Waals surface area (Å²) < 4.78 is 1.80. The number of carbonyl (C=O) groups excluding carboxylic acids is 1. The van der Waals surface area contributed by atoms with Gasteiger partial charge in [0.05, 0.1) is 5.56 Å². The van der Waals surface area contributed by atoms with Crippen LogP contribution in [0.1, 0.15) is 42.5 Å². The van der Waals surface area contributed by atoms with Crippen LogP contribution in [-0.4, -0.2) is 28.7 Å². The van der Waals surface area contributed by atoms with Crippen molar-refractivity contribution in [3.05, 3.63) is 32.7 Å². The van der Waals surface area contributed by atoms with E-state index in [1.807, 2.05) is 23.1 Å². The number of benzene rings is 1. The maximum Gasteiger partial charge on any atom is 0.255 e. The van der Waals surface area contributed by atoms with Gasteiger partial charge in [-0.3, -0.25) is 4.79 Å². The van der Waals surface area contributed by atoms with Gasteiger partial charge in [-0.25, -0.2) is 0 Å². The first-order valence-corrected chi connectivity index (χ1v) is 9.66. The van der Waals surface area contributed by atoms with Gasteiger partial charge in [-0.2, -0.15) is 0 Å². The molecule has 1 amide bonds. The zero-order valence-corrected chi connectivity index (χ0v) is 16.0. The average molecular weight is 468 g/mol. The predicted molar refractivity (Wildman–Crippen MR) is 93.5 cm³/mol. The van der Waals surface area contributed by atoms with E-state index in [0.29, 0.717) is 6.04 Å². The lowest BCUT2D eigenvalue weighted by Gasteiger charge is -2.34. The van der Waals surface area contributed by atoms with E-state index in [1.54, 1.807) is 0 Å². The maximum atomic E-state index is 12.9. The smallest absolute Gasteiger partial charge is 0.255 e. The first-order valence-electron chi connectivity index (χ1n) is 6.95. The zero-order valence-electron chi connectivity index (χ0n) is 11.2. The Hall–Kier alpha value is 0.130. The van der Waals surface area contributed by atoms with Gasteiger partial charge in [0.1, 0.15) is 0 Å². The van der Waals surface area contributed by atoms with Crippen molar-refractivity contribution < 1.29 is 4.79 Å². The van der Waals surface area contributed by atoms with Gasteiger partial charge in [-0.05, 0) is 47.0 Å². The van der Waals surface area contributed by atoms with Crippen molar-refractivity contribution in [2.24, 2.45) is 0 Å². The van der Waals surface area contributed by atoms with Crippen molar-refractivity contribution in [3.8, 4) is 0 Å². The van der Waals surface area contributed by atoms with E-state index < -0.39 is 0 Å². The molecule has 5 heteroatoms. The summed E-state index contributed by atoms with van der Waals surface area (Å²) in [6.45, 7) is 0.766. The van der Waals surface area contributed by atoms with Crippen molar-refractivity contribution in [2.45, 2.75) is 38.1 Å². The second-order valence-corrected chi connectivity index (χ2v) is 7.67. The molecular weight excluding hydrogens is 450 g/mol. The Labute approximate surface area is 145 Å². The van der Waals surface area contributed by atoms with Crippen LogP contribution in [0.25, 0.3) is 0 Å². The third-order valence-corrected chi connectivity index (χ3v) is 5.30. The van der Waals surface area contributed by atoms with E-state index >= 15 is 0 Å². The third kappa shape index (κ3) is 4.08. The Morgan fingerprint density at radius 3 is 2.55 bits per heavy atom. The molecule has 1 aromatic carbocycles. The standard InChI is InChI=1S/C15H18Br3NO/c16-8-9-19(12-4-2-1-3-5-12)15(20)13-10-11(17)6-7-14(13)18/h6-7,10,12H,1-5,8-9H2. The molecule has 0 spiro atoms. The SMILES string of the molecule is O=C(c1cc(Br)ccc1Br)N(CCBr)C1CCCCC1. The minimum atomic E-state index is 0.129. The van der Waals surface area contributed by atoms with Gasteiger partial charge in [0.2, 0.25) is 0 Å². The fraction of sp³-hybridized carbons (Fsp3) is 0.533. The normalized spacial score (nSPS) is 16.1. The van der Waals surface area contributed by atoms with Crippen LogP contribution < -0.4 is 0 Å². The third-order valence-electron chi connectivity index (χ3n) is 3.76. The number of alkyl halides is 1. The van der Waals surface area contributed by atoms with Gasteiger partial charge in [-0.1, -0.05) is 51.1 Å². The Balaban J connectivity index is 2.23. The van der Waals surface area contributed by atoms with Gasteiger partial charge in [0.15, 0.2) is 0 Å². The molecule has 0 N–H and O–H groups in total. The van der Waals surface area contributed by atoms with Gasteiger partial charge in [-0.15, -0.1) is 0 Å². The topological polar surface area (TPSA) is 20.3 Å². The summed E-state index contributed by atoms with van der Waals surface area (Å²) in [4.78, 5) is 14.9. The molecule has 110 valence electrons. The molecule has 0 atom stereocenters. The van der Waals surface area contributed by atoms with E-state index in [4.69, 9.17) is 0 Å². The number of halogens is 3. The molecule has 1 aliphatic carbocycles. The summed E-state index contributed by atoms with van der Waals surface area (Å²) in [6, 6.07) is 6.15. The quantitative estimate of drug-likeness (QED) is 0.544. The fourth-order valence-electron chi connectivity index (χ4n) is 2.75. The van der Waals surface area contributed by atoms with Gasteiger partial charge >= 0.3 is 0 Å². The number of hydrogen-bond acceptors (Lipinski definition) is 1. The molecule has 0 unspecified atom stereocenters. The largest absolute Gasteiger partial charge is 0.335 e. The molecule has 20 heavy (non-hydrogen) atoms. The lowest BCUT2D eigenvalue weighted by molar-refractivity contribution is 0.0650. The molecule has 0 radical (unpaired) electrons. The monoisotopic (exact) mass is 465 g/mol. The highest BCUT2D eigenvalue weighted by atomic mass is 79.9. The molecule has 0 aliphatic heterocycles. The Kier molecular flexibility index (Phi) is 6.56. The van der Waals surface area contributed by atoms with Crippen molar-refractivity contribution in [3.63, 3.8) is 0 Å². The molecule has 0 heterocycles. The molecule has 1 fully saturated rings. The van der Waals surface area contributed by atoms with Crippen LogP contribution in [-0.2, 0) is 0 Å². The summed E-state index contributed by atoms with van der Waals surface area (Å²) in [5.41, 5.74) is 0.742. The van der Waals surface area contributed by atoms with Crippen molar-refractivity contribution in [1.82, 2.24) is 4.90 Å². The van der Waals surface area contributed by atoms with Crippen LogP contribution in [0.3, 0.4) is 0 Å². The number of amides is 1. The van der Waals surface area contributed by atoms with Gasteiger partial charge < -0.3 is 4.90 Å². The molecule has 0 bridgehead atoms. The minimum Gasteiger partial charge on any atom is -0.335 e. The van der Waals surface area contributed by atoms with Gasteiger partial charge in [0.25, 0.3) is 5.91 Å². The van der Waals surface area contributed by atoms with Crippen LogP contribution >= 0.6 is 47.8 Å². The second-order valence-electron chi connectivity index (χ2n) is 5.10. The summed E-state index contributed by atoms with van der Waals surface area (Å²) in [5.74, 6) is 0.129. The van der Waals surface area contributed by atoms with E-state index in [2.05, 4.69) is 47.8 Å². The Bertz CT molecular complexity index is 472. The molecular formula is C15H18Br3NO. The van der Waals surface area contributed by atoms with Crippen LogP contribution in [0.2, 0.25) is 0 Å². The van der Waals surface area contributed by atoms with Crippen molar-refractivity contribution >= 4 is 53.7 Å². The predicted octanol–water partition coefficient (Wildman–Crippen LogP) is 5.38. The van der Waals surface area contributed by atoms with Crippen molar-refractivity contribution in [1.29, 1.82) is 0 Å². The minimum absolute atomic E-state index is 0.129. The summed E-state index contributed by atoms with van der Waals surface area (Å²) in [6.07, 6.45) is 6.02. The number of rotatable bonds is 4. The highest BCUT2D eigenvalue weighted by molar-refractivity contribution is 9.11. The van der Waals surface area contributed by atoms with E-state index in [0.717, 1.165) is 39.2 Å².